The molecular weight excluding hydrogens is 661 g/mol. The van der Waals surface area contributed by atoms with Gasteiger partial charge >= 0.3 is 0 Å². The lowest BCUT2D eigenvalue weighted by atomic mass is 9.49. The van der Waals surface area contributed by atoms with Crippen molar-refractivity contribution in [2.75, 3.05) is 58.9 Å². The third kappa shape index (κ3) is 11.5. The first-order chi connectivity index (χ1) is 26.4. The van der Waals surface area contributed by atoms with E-state index in [0.29, 0.717) is 16.2 Å². The molecule has 6 nitrogen and oxygen atoms in total. The average Bonchev–Trinajstić information content (AvgIpc) is 3.12. The fraction of sp³-hybridized carbons (Fsp3) is 1.00. The Balaban J connectivity index is 0.000000125. The van der Waals surface area contributed by atoms with E-state index >= 15 is 0 Å². The molecule has 12 fully saturated rings. The van der Waals surface area contributed by atoms with Crippen LogP contribution in [0, 0.1) is 69.5 Å². The van der Waals surface area contributed by atoms with Crippen LogP contribution in [-0.4, -0.2) is 58.9 Å². The largest absolute Gasteiger partial charge is 0.330 e. The van der Waals surface area contributed by atoms with E-state index in [9.17, 15) is 0 Å². The monoisotopic (exact) mass is 751 g/mol. The van der Waals surface area contributed by atoms with Crippen molar-refractivity contribution in [1.29, 1.82) is 0 Å². The molecule has 0 saturated heterocycles. The number of hydrogen-bond acceptors (Lipinski definition) is 6. The maximum atomic E-state index is 5.53. The highest BCUT2D eigenvalue weighted by Crippen LogP contribution is 2.61. The summed E-state index contributed by atoms with van der Waals surface area (Å²) in [7, 11) is 0. The molecule has 0 unspecified atom stereocenters. The summed E-state index contributed by atoms with van der Waals surface area (Å²) in [5.74, 6) is 9.84. The molecule has 0 heterocycles. The molecule has 9 N–H and O–H groups in total. The first kappa shape index (κ1) is 41.9. The molecule has 0 aromatic heterocycles. The molecule has 0 aliphatic heterocycles. The molecule has 0 aromatic carbocycles. The van der Waals surface area contributed by atoms with Crippen molar-refractivity contribution in [3.8, 4) is 0 Å². The predicted octanol–water partition coefficient (Wildman–Crippen LogP) is 8.76. The van der Waals surface area contributed by atoms with Gasteiger partial charge in [-0.3, -0.25) is 0 Å². The van der Waals surface area contributed by atoms with Crippen molar-refractivity contribution >= 4 is 0 Å². The summed E-state index contributed by atoms with van der Waals surface area (Å²) < 4.78 is 0. The van der Waals surface area contributed by atoms with Crippen LogP contribution in [0.1, 0.15) is 173 Å². The maximum Gasteiger partial charge on any atom is 0.000811 e. The molecule has 12 bridgehead atoms. The van der Waals surface area contributed by atoms with Crippen LogP contribution in [0.25, 0.3) is 0 Å². The number of rotatable bonds is 21. The number of nitrogens with two attached hydrogens (primary N) is 3. The number of nitrogens with one attached hydrogen (secondary N) is 3. The smallest absolute Gasteiger partial charge is 0.000811 e. The van der Waals surface area contributed by atoms with Crippen molar-refractivity contribution in [2.24, 2.45) is 86.7 Å². The third-order valence-electron chi connectivity index (χ3n) is 17.2. The molecule has 0 aromatic rings. The van der Waals surface area contributed by atoms with Gasteiger partial charge in [-0.15, -0.1) is 0 Å². The fourth-order valence-corrected chi connectivity index (χ4v) is 16.3. The summed E-state index contributed by atoms with van der Waals surface area (Å²) in [5, 5.41) is 11.3. The second-order valence-corrected chi connectivity index (χ2v) is 22.3. The van der Waals surface area contributed by atoms with Crippen LogP contribution in [0.3, 0.4) is 0 Å². The van der Waals surface area contributed by atoms with Gasteiger partial charge in [0.2, 0.25) is 0 Å². The van der Waals surface area contributed by atoms with Crippen LogP contribution in [0.2, 0.25) is 0 Å². The summed E-state index contributed by atoms with van der Waals surface area (Å²) in [6.45, 7) is 10.1. The summed E-state index contributed by atoms with van der Waals surface area (Å²) in [6, 6.07) is 0. The molecule has 6 heteroatoms. The van der Waals surface area contributed by atoms with E-state index in [1.54, 1.807) is 57.8 Å². The van der Waals surface area contributed by atoms with Crippen molar-refractivity contribution in [2.45, 2.75) is 173 Å². The number of hydrogen-bond donors (Lipinski definition) is 6. The fourth-order valence-electron chi connectivity index (χ4n) is 16.3. The van der Waals surface area contributed by atoms with Gasteiger partial charge in [0.25, 0.3) is 0 Å². The van der Waals surface area contributed by atoms with Gasteiger partial charge in [0.15, 0.2) is 0 Å². The highest BCUT2D eigenvalue weighted by molar-refractivity contribution is 5.04. The van der Waals surface area contributed by atoms with Crippen LogP contribution in [0.4, 0.5) is 0 Å². The van der Waals surface area contributed by atoms with Crippen LogP contribution in [-0.2, 0) is 0 Å². The highest BCUT2D eigenvalue weighted by Gasteiger charge is 2.52. The van der Waals surface area contributed by atoms with Crippen LogP contribution >= 0.6 is 0 Å². The topological polar surface area (TPSA) is 114 Å². The Morgan fingerprint density at radius 3 is 0.685 bits per heavy atom. The minimum Gasteiger partial charge on any atom is -0.330 e. The first-order valence-corrected chi connectivity index (χ1v) is 24.6. The Hall–Kier alpha value is -0.240. The van der Waals surface area contributed by atoms with Gasteiger partial charge in [0.05, 0.1) is 0 Å². The van der Waals surface area contributed by atoms with Crippen LogP contribution in [0.15, 0.2) is 0 Å². The first-order valence-electron chi connectivity index (χ1n) is 24.6. The van der Waals surface area contributed by atoms with Crippen LogP contribution < -0.4 is 33.2 Å². The van der Waals surface area contributed by atoms with E-state index in [-0.39, 0.29) is 0 Å². The second kappa shape index (κ2) is 20.1. The highest BCUT2D eigenvalue weighted by atomic mass is 14.9. The van der Waals surface area contributed by atoms with E-state index < -0.39 is 0 Å². The van der Waals surface area contributed by atoms with E-state index in [1.165, 1.54) is 155 Å². The molecule has 0 spiro atoms. The Morgan fingerprint density at radius 1 is 0.296 bits per heavy atom. The minimum absolute atomic E-state index is 0.711. The molecule has 0 amide bonds. The van der Waals surface area contributed by atoms with Gasteiger partial charge in [-0.2, -0.15) is 0 Å². The maximum absolute atomic E-state index is 5.53. The van der Waals surface area contributed by atoms with Crippen molar-refractivity contribution in [3.63, 3.8) is 0 Å². The second-order valence-electron chi connectivity index (χ2n) is 22.3. The molecule has 12 aliphatic rings. The third-order valence-corrected chi connectivity index (χ3v) is 17.2. The number of unbranched alkanes of at least 4 members (excludes halogenated alkanes) is 6. The summed E-state index contributed by atoms with van der Waals surface area (Å²) >= 11 is 0. The zero-order valence-corrected chi connectivity index (χ0v) is 35.4. The lowest BCUT2D eigenvalue weighted by molar-refractivity contribution is -0.0513. The minimum atomic E-state index is 0.711. The standard InChI is InChI=1S/3C16H30N2/c3*17-4-2-1-3-5-18-12-16-9-13-6-14(10-16)8-15(7-13)11-16/h3*13-15,18H,1-12,17H2. The quantitative estimate of drug-likeness (QED) is 0.0655. The van der Waals surface area contributed by atoms with Gasteiger partial charge in [-0.1, -0.05) is 19.3 Å². The molecule has 12 saturated carbocycles. The van der Waals surface area contributed by atoms with Gasteiger partial charge in [0, 0.05) is 19.6 Å². The van der Waals surface area contributed by atoms with E-state index in [0.717, 1.165) is 72.9 Å². The molecule has 12 rings (SSSR count). The molecular formula is C48H90N6. The summed E-state index contributed by atoms with van der Waals surface area (Å²) in [5.41, 5.74) is 18.7. The Kier molecular flexibility index (Phi) is 15.6. The van der Waals surface area contributed by atoms with Gasteiger partial charge < -0.3 is 33.2 Å². The Labute approximate surface area is 334 Å². The van der Waals surface area contributed by atoms with Crippen LogP contribution in [0.5, 0.6) is 0 Å². The van der Waals surface area contributed by atoms with E-state index in [1.807, 2.05) is 0 Å². The predicted molar refractivity (Wildman–Crippen MR) is 229 cm³/mol. The van der Waals surface area contributed by atoms with Gasteiger partial charge in [-0.25, -0.2) is 0 Å². The normalized spacial score (nSPS) is 41.5. The van der Waals surface area contributed by atoms with Crippen molar-refractivity contribution in [1.82, 2.24) is 16.0 Å². The molecule has 0 atom stereocenters. The van der Waals surface area contributed by atoms with Crippen molar-refractivity contribution in [3.05, 3.63) is 0 Å². The van der Waals surface area contributed by atoms with Crippen molar-refractivity contribution < 1.29 is 0 Å². The lowest BCUT2D eigenvalue weighted by Gasteiger charge is -2.57. The zero-order chi connectivity index (χ0) is 37.3. The zero-order valence-electron chi connectivity index (χ0n) is 35.4. The molecule has 54 heavy (non-hydrogen) atoms. The summed E-state index contributed by atoms with van der Waals surface area (Å²) in [4.78, 5) is 0. The Morgan fingerprint density at radius 2 is 0.500 bits per heavy atom. The molecule has 12 aliphatic carbocycles. The average molecular weight is 751 g/mol. The Bertz CT molecular complexity index is 850. The van der Waals surface area contributed by atoms with Gasteiger partial charge in [0.1, 0.15) is 0 Å². The lowest BCUT2D eigenvalue weighted by Crippen LogP contribution is -2.50. The van der Waals surface area contributed by atoms with Gasteiger partial charge in [-0.05, 0) is 263 Å². The SMILES string of the molecule is NCCCCCNCC12CC3CC(CC(C3)C1)C2.NCCCCCNCC12CC3CC(CC(C3)C1)C2.NCCCCCNCC12CC3CC(CC(C3)C1)C2. The summed E-state index contributed by atoms with van der Waals surface area (Å²) in [6.07, 6.45) is 39.3. The molecule has 0 radical (unpaired) electrons. The molecule has 312 valence electrons. The van der Waals surface area contributed by atoms with E-state index in [4.69, 9.17) is 17.2 Å². The van der Waals surface area contributed by atoms with E-state index in [2.05, 4.69) is 16.0 Å².